The van der Waals surface area contributed by atoms with Gasteiger partial charge in [-0.3, -0.25) is 4.55 Å². The average molecular weight is 364 g/mol. The molecular weight excluding hydrogens is 331 g/mol. The summed E-state index contributed by atoms with van der Waals surface area (Å²) in [6.45, 7) is 2.23. The Morgan fingerprint density at radius 2 is 1.39 bits per heavy atom. The van der Waals surface area contributed by atoms with E-state index in [-0.39, 0.29) is 13.2 Å². The Balaban J connectivity index is 0. The normalized spacial score (nSPS) is 12.6. The van der Waals surface area contributed by atoms with Crippen molar-refractivity contribution in [3.8, 4) is 0 Å². The van der Waals surface area contributed by atoms with E-state index in [0.29, 0.717) is 6.42 Å². The molecule has 0 aromatic carbocycles. The van der Waals surface area contributed by atoms with Gasteiger partial charge in [0.2, 0.25) is 0 Å². The van der Waals surface area contributed by atoms with E-state index in [1.54, 1.807) is 0 Å². The first-order chi connectivity index (χ1) is 10.9. The van der Waals surface area contributed by atoms with Crippen LogP contribution >= 0.6 is 0 Å². The molecule has 0 aliphatic carbocycles. The van der Waals surface area contributed by atoms with E-state index in [9.17, 15) is 8.42 Å². The van der Waals surface area contributed by atoms with Crippen molar-refractivity contribution in [1.29, 1.82) is 0 Å². The topological polar surface area (TPSA) is 104 Å². The third-order valence-electron chi connectivity index (χ3n) is 3.41. The minimum atomic E-state index is -4.23. The molecule has 6 nitrogen and oxygen atoms in total. The van der Waals surface area contributed by atoms with Crippen molar-refractivity contribution < 1.29 is 27.4 Å². The van der Waals surface area contributed by atoms with Gasteiger partial charge in [0.1, 0.15) is 0 Å². The van der Waals surface area contributed by atoms with E-state index in [1.807, 2.05) is 0 Å². The van der Waals surface area contributed by atoms with Gasteiger partial charge < -0.3 is 0 Å². The molecule has 0 aliphatic heterocycles. The Labute approximate surface area is 159 Å². The third-order valence-corrected chi connectivity index (χ3v) is 4.82. The molecule has 0 aliphatic rings. The summed E-state index contributed by atoms with van der Waals surface area (Å²) in [4.78, 5) is 0. The molecule has 0 fully saturated rings. The fraction of sp³-hybridized carbons (Fsp3) is 1.00. The molecule has 1 atom stereocenters. The van der Waals surface area contributed by atoms with E-state index in [0.717, 1.165) is 44.4 Å². The molecule has 23 heavy (non-hydrogen) atoms. The van der Waals surface area contributed by atoms with Gasteiger partial charge in [-0.1, -0.05) is 64.7 Å². The Morgan fingerprint density at radius 3 is 1.70 bits per heavy atom. The molecule has 0 bridgehead atoms. The fourth-order valence-corrected chi connectivity index (χ4v) is 2.47. The quantitative estimate of drug-likeness (QED) is 0.249. The fourth-order valence-electron chi connectivity index (χ4n) is 1.88. The third kappa shape index (κ3) is 27.9. The molecule has 0 aromatic rings. The van der Waals surface area contributed by atoms with Gasteiger partial charge in [-0.05, 0) is 6.42 Å². The molecule has 0 radical (unpaired) electrons. The van der Waals surface area contributed by atoms with Crippen LogP contribution in [-0.2, 0) is 14.6 Å². The van der Waals surface area contributed by atoms with E-state index >= 15 is 0 Å². The summed E-state index contributed by atoms with van der Waals surface area (Å²) in [6.07, 6.45) is 11.4. The molecule has 1 unspecified atom stereocenters. The van der Waals surface area contributed by atoms with Gasteiger partial charge in [-0.2, -0.15) is 8.42 Å². The van der Waals surface area contributed by atoms with Crippen LogP contribution in [0.1, 0.15) is 71.1 Å². The Hall–Kier alpha value is 0.790. The van der Waals surface area contributed by atoms with Crippen LogP contribution in [0.3, 0.4) is 0 Å². The van der Waals surface area contributed by atoms with Gasteiger partial charge in [0, 0.05) is 0 Å². The predicted octanol–water partition coefficient (Wildman–Crippen LogP) is 2.65. The molecular formula is C15H33NaO6S. The van der Waals surface area contributed by atoms with Crippen LogP contribution < -0.4 is 0 Å². The average Bonchev–Trinajstić information content (AvgIpc) is 2.51. The van der Waals surface area contributed by atoms with Crippen molar-refractivity contribution >= 4 is 38.3 Å². The van der Waals surface area contributed by atoms with Crippen molar-refractivity contribution in [1.82, 2.24) is 0 Å². The van der Waals surface area contributed by atoms with E-state index in [2.05, 4.69) is 11.1 Å². The molecule has 3 N–H and O–H groups in total. The maximum absolute atomic E-state index is 10.2. The molecule has 0 saturated carbocycles. The van der Waals surface area contributed by atoms with E-state index in [1.165, 1.54) is 44.9 Å². The first-order valence-corrected chi connectivity index (χ1v) is 11.6. The summed E-state index contributed by atoms with van der Waals surface area (Å²) < 4.78 is 33.8. The Morgan fingerprint density at radius 1 is 0.957 bits per heavy atom. The number of aliphatic hydroxyl groups excluding tert-OH is 2. The van der Waals surface area contributed by atoms with Crippen LogP contribution in [0.5, 0.6) is 0 Å². The summed E-state index contributed by atoms with van der Waals surface area (Å²) >= 11 is 0.972. The predicted molar refractivity (Wildman–Crippen MR) is 93.0 cm³/mol. The molecule has 0 saturated heterocycles. The van der Waals surface area contributed by atoms with Gasteiger partial charge in [0.25, 0.3) is 0 Å². The van der Waals surface area contributed by atoms with E-state index < -0.39 is 16.5 Å². The van der Waals surface area contributed by atoms with Crippen LogP contribution in [0.2, 0.25) is 3.67 Å². The Kier molecular flexibility index (Phi) is 21.6. The standard InChI is InChI=1S/C12H26O4S.C3H7O2.Na/c1-2-3-4-5-6-7-8-9-10-11-12-16-17(13,14)15;1-3(5)2-4;/h2-12H2,1H3,(H,13,14,15);3-5H,1-2H2;. The monoisotopic (exact) mass is 364 g/mol. The van der Waals surface area contributed by atoms with Crippen molar-refractivity contribution in [3.05, 3.63) is 0 Å². The van der Waals surface area contributed by atoms with Gasteiger partial charge in [0.05, 0.1) is 6.61 Å². The zero-order valence-electron chi connectivity index (χ0n) is 14.7. The summed E-state index contributed by atoms with van der Waals surface area (Å²) in [6, 6.07) is 0. The summed E-state index contributed by atoms with van der Waals surface area (Å²) in [5.41, 5.74) is 0. The van der Waals surface area contributed by atoms with Crippen molar-refractivity contribution in [2.24, 2.45) is 0 Å². The summed E-state index contributed by atoms with van der Waals surface area (Å²) in [5.74, 6) is 0. The SMILES string of the molecule is CCCCCCCCCCCCOS(=O)(=O)O.OCC(O)[CH2][Na]. The second kappa shape index (κ2) is 19.1. The molecule has 136 valence electrons. The van der Waals surface area contributed by atoms with E-state index in [4.69, 9.17) is 14.8 Å². The molecule has 0 rings (SSSR count). The summed E-state index contributed by atoms with van der Waals surface area (Å²) in [7, 11) is -4.23. The molecule has 8 heteroatoms. The van der Waals surface area contributed by atoms with Gasteiger partial charge in [-0.15, -0.1) is 0 Å². The van der Waals surface area contributed by atoms with Crippen LogP contribution in [-0.4, -0.2) is 70.4 Å². The second-order valence-electron chi connectivity index (χ2n) is 5.68. The first kappa shape index (κ1) is 26.0. The number of unbranched alkanes of at least 4 members (excludes halogenated alkanes) is 9. The van der Waals surface area contributed by atoms with Gasteiger partial charge in [-0.25, -0.2) is 4.18 Å². The van der Waals surface area contributed by atoms with Crippen molar-refractivity contribution in [2.75, 3.05) is 13.2 Å². The van der Waals surface area contributed by atoms with Gasteiger partial charge >= 0.3 is 64.9 Å². The Bertz CT molecular complexity index is 320. The van der Waals surface area contributed by atoms with Gasteiger partial charge in [0.15, 0.2) is 0 Å². The van der Waals surface area contributed by atoms with Crippen LogP contribution in [0.25, 0.3) is 0 Å². The van der Waals surface area contributed by atoms with Crippen LogP contribution in [0.15, 0.2) is 0 Å². The minimum absolute atomic E-state index is 0.0799. The van der Waals surface area contributed by atoms with Crippen molar-refractivity contribution in [3.63, 3.8) is 0 Å². The van der Waals surface area contributed by atoms with Crippen LogP contribution in [0.4, 0.5) is 0 Å². The number of hydrogen-bond acceptors (Lipinski definition) is 5. The number of hydrogen-bond donors (Lipinski definition) is 3. The number of aliphatic hydroxyl groups is 2. The second-order valence-corrected chi connectivity index (χ2v) is 7.58. The molecule has 0 amide bonds. The first-order valence-electron chi connectivity index (χ1n) is 8.78. The molecule has 0 aromatic heterocycles. The van der Waals surface area contributed by atoms with Crippen LogP contribution in [0, 0.1) is 0 Å². The number of rotatable bonds is 14. The summed E-state index contributed by atoms with van der Waals surface area (Å²) in [5, 5.41) is 16.6. The molecule has 0 spiro atoms. The zero-order valence-corrected chi connectivity index (χ0v) is 17.6. The van der Waals surface area contributed by atoms with Crippen molar-refractivity contribution in [2.45, 2.75) is 80.9 Å². The molecule has 0 heterocycles. The zero-order chi connectivity index (χ0) is 18.0. The maximum atomic E-state index is 10.2.